The Morgan fingerprint density at radius 3 is 2.85 bits per heavy atom. The van der Waals surface area contributed by atoms with Crippen molar-refractivity contribution < 1.29 is 4.74 Å². The van der Waals surface area contributed by atoms with Gasteiger partial charge in [0.25, 0.3) is 0 Å². The minimum Gasteiger partial charge on any atom is -0.385 e. The molecular weight excluding hydrogens is 250 g/mol. The molecule has 0 aliphatic heterocycles. The summed E-state index contributed by atoms with van der Waals surface area (Å²) in [7, 11) is 1.75. The van der Waals surface area contributed by atoms with Crippen molar-refractivity contribution in [1.82, 2.24) is 15.2 Å². The predicted molar refractivity (Wildman–Crippen MR) is 83.9 cm³/mol. The molecule has 1 aromatic heterocycles. The van der Waals surface area contributed by atoms with Gasteiger partial charge >= 0.3 is 0 Å². The average molecular weight is 279 g/mol. The van der Waals surface area contributed by atoms with Gasteiger partial charge < -0.3 is 10.1 Å². The number of pyridine rings is 1. The Morgan fingerprint density at radius 1 is 1.40 bits per heavy atom. The second kappa shape index (κ2) is 9.86. The molecule has 1 atom stereocenters. The highest BCUT2D eigenvalue weighted by Gasteiger charge is 2.12. The molecule has 0 aromatic carbocycles. The van der Waals surface area contributed by atoms with Crippen LogP contribution in [0.2, 0.25) is 0 Å². The fourth-order valence-corrected chi connectivity index (χ4v) is 2.26. The first-order valence-corrected chi connectivity index (χ1v) is 7.53. The van der Waals surface area contributed by atoms with Crippen molar-refractivity contribution in [3.8, 4) is 0 Å². The van der Waals surface area contributed by atoms with Crippen LogP contribution in [-0.2, 0) is 11.3 Å². The molecule has 1 aromatic rings. The summed E-state index contributed by atoms with van der Waals surface area (Å²) in [5, 5.41) is 3.49. The molecule has 20 heavy (non-hydrogen) atoms. The molecule has 0 spiro atoms. The summed E-state index contributed by atoms with van der Waals surface area (Å²) in [4.78, 5) is 7.04. The first kappa shape index (κ1) is 17.1. The molecule has 0 saturated heterocycles. The van der Waals surface area contributed by atoms with Gasteiger partial charge in [-0.1, -0.05) is 13.0 Å². The second-order valence-electron chi connectivity index (χ2n) is 5.23. The van der Waals surface area contributed by atoms with Gasteiger partial charge in [0.2, 0.25) is 0 Å². The van der Waals surface area contributed by atoms with E-state index in [2.05, 4.69) is 41.2 Å². The number of hydrogen-bond acceptors (Lipinski definition) is 4. The molecule has 0 saturated carbocycles. The molecule has 0 bridgehead atoms. The van der Waals surface area contributed by atoms with Crippen LogP contribution in [0.25, 0.3) is 0 Å². The first-order valence-electron chi connectivity index (χ1n) is 7.53. The summed E-state index contributed by atoms with van der Waals surface area (Å²) in [5.74, 6) is 0. The van der Waals surface area contributed by atoms with Gasteiger partial charge in [0, 0.05) is 38.5 Å². The van der Waals surface area contributed by atoms with E-state index in [-0.39, 0.29) is 0 Å². The number of methoxy groups -OCH3 is 1. The van der Waals surface area contributed by atoms with Gasteiger partial charge in [0.05, 0.1) is 5.69 Å². The van der Waals surface area contributed by atoms with Crippen LogP contribution >= 0.6 is 0 Å². The van der Waals surface area contributed by atoms with Crippen LogP contribution in [0.1, 0.15) is 31.7 Å². The smallest absolute Gasteiger partial charge is 0.0547 e. The molecule has 0 aliphatic carbocycles. The number of hydrogen-bond donors (Lipinski definition) is 1. The number of aromatic nitrogens is 1. The van der Waals surface area contributed by atoms with Gasteiger partial charge in [0.15, 0.2) is 0 Å². The van der Waals surface area contributed by atoms with Crippen LogP contribution in [-0.4, -0.2) is 49.3 Å². The van der Waals surface area contributed by atoms with Crippen molar-refractivity contribution in [2.75, 3.05) is 33.4 Å². The van der Waals surface area contributed by atoms with E-state index < -0.39 is 0 Å². The van der Waals surface area contributed by atoms with Crippen LogP contribution in [0, 0.1) is 6.92 Å². The molecule has 4 heteroatoms. The quantitative estimate of drug-likeness (QED) is 0.667. The number of rotatable bonds is 10. The van der Waals surface area contributed by atoms with Gasteiger partial charge in [0.1, 0.15) is 0 Å². The lowest BCUT2D eigenvalue weighted by molar-refractivity contribution is 0.186. The molecular formula is C16H29N3O. The van der Waals surface area contributed by atoms with E-state index in [1.807, 2.05) is 13.0 Å². The van der Waals surface area contributed by atoms with E-state index in [0.29, 0.717) is 6.04 Å². The van der Waals surface area contributed by atoms with Crippen molar-refractivity contribution in [2.45, 2.75) is 39.8 Å². The molecule has 1 unspecified atom stereocenters. The standard InChI is InChI=1S/C16H29N3O/c1-5-19(13-16-9-6-8-14(2)18-16)15(3)12-17-10-7-11-20-4/h6,8-9,15,17H,5,7,10-13H2,1-4H3. The van der Waals surface area contributed by atoms with Gasteiger partial charge in [-0.05, 0) is 45.5 Å². The maximum atomic E-state index is 5.05. The third-order valence-corrected chi connectivity index (χ3v) is 3.48. The average Bonchev–Trinajstić information content (AvgIpc) is 2.44. The summed E-state index contributed by atoms with van der Waals surface area (Å²) in [6.07, 6.45) is 1.06. The van der Waals surface area contributed by atoms with Crippen LogP contribution in [0.4, 0.5) is 0 Å². The Hall–Kier alpha value is -0.970. The Balaban J connectivity index is 2.37. The van der Waals surface area contributed by atoms with E-state index in [9.17, 15) is 0 Å². The maximum Gasteiger partial charge on any atom is 0.0547 e. The third kappa shape index (κ3) is 6.46. The number of ether oxygens (including phenoxy) is 1. The van der Waals surface area contributed by atoms with Crippen molar-refractivity contribution in [3.63, 3.8) is 0 Å². The van der Waals surface area contributed by atoms with Gasteiger partial charge in [-0.3, -0.25) is 9.88 Å². The van der Waals surface area contributed by atoms with E-state index in [1.54, 1.807) is 7.11 Å². The summed E-state index contributed by atoms with van der Waals surface area (Å²) in [6, 6.07) is 6.73. The minimum atomic E-state index is 0.504. The Kier molecular flexibility index (Phi) is 8.42. The highest BCUT2D eigenvalue weighted by atomic mass is 16.5. The molecule has 0 fully saturated rings. The molecule has 114 valence electrons. The normalized spacial score (nSPS) is 12.8. The maximum absolute atomic E-state index is 5.05. The SMILES string of the molecule is CCN(Cc1cccc(C)n1)C(C)CNCCCOC. The van der Waals surface area contributed by atoms with Crippen LogP contribution in [0.15, 0.2) is 18.2 Å². The van der Waals surface area contributed by atoms with E-state index >= 15 is 0 Å². The largest absolute Gasteiger partial charge is 0.385 e. The zero-order valence-electron chi connectivity index (χ0n) is 13.4. The van der Waals surface area contributed by atoms with E-state index in [0.717, 1.165) is 50.6 Å². The van der Waals surface area contributed by atoms with Crippen molar-refractivity contribution >= 4 is 0 Å². The number of nitrogens with zero attached hydrogens (tertiary/aromatic N) is 2. The number of nitrogens with one attached hydrogen (secondary N) is 1. The minimum absolute atomic E-state index is 0.504. The lowest BCUT2D eigenvalue weighted by Crippen LogP contribution is -2.40. The zero-order chi connectivity index (χ0) is 14.8. The summed E-state index contributed by atoms with van der Waals surface area (Å²) < 4.78 is 5.05. The molecule has 0 radical (unpaired) electrons. The molecule has 0 aliphatic rings. The Labute approximate surface area is 123 Å². The lowest BCUT2D eigenvalue weighted by Gasteiger charge is -2.27. The zero-order valence-corrected chi connectivity index (χ0v) is 13.4. The molecule has 0 amide bonds. The monoisotopic (exact) mass is 279 g/mol. The summed E-state index contributed by atoms with van der Waals surface area (Å²) in [5.41, 5.74) is 2.24. The summed E-state index contributed by atoms with van der Waals surface area (Å²) >= 11 is 0. The molecule has 1 rings (SSSR count). The molecule has 4 nitrogen and oxygen atoms in total. The number of likely N-dealkylation sites (N-methyl/N-ethyl adjacent to an activating group) is 1. The predicted octanol–water partition coefficient (Wildman–Crippen LogP) is 2.23. The lowest BCUT2D eigenvalue weighted by atomic mass is 10.2. The fourth-order valence-electron chi connectivity index (χ4n) is 2.26. The highest BCUT2D eigenvalue weighted by Crippen LogP contribution is 2.06. The van der Waals surface area contributed by atoms with Crippen LogP contribution in [0.5, 0.6) is 0 Å². The second-order valence-corrected chi connectivity index (χ2v) is 5.23. The molecule has 1 N–H and O–H groups in total. The Morgan fingerprint density at radius 2 is 2.20 bits per heavy atom. The summed E-state index contributed by atoms with van der Waals surface area (Å²) in [6.45, 7) is 11.3. The van der Waals surface area contributed by atoms with Crippen LogP contribution < -0.4 is 5.32 Å². The van der Waals surface area contributed by atoms with Crippen molar-refractivity contribution in [1.29, 1.82) is 0 Å². The van der Waals surface area contributed by atoms with Crippen molar-refractivity contribution in [2.24, 2.45) is 0 Å². The van der Waals surface area contributed by atoms with Gasteiger partial charge in [-0.25, -0.2) is 0 Å². The Bertz CT molecular complexity index is 370. The molecule has 1 heterocycles. The van der Waals surface area contributed by atoms with Gasteiger partial charge in [-0.15, -0.1) is 0 Å². The number of aryl methyl sites for hydroxylation is 1. The first-order chi connectivity index (χ1) is 9.67. The van der Waals surface area contributed by atoms with Gasteiger partial charge in [-0.2, -0.15) is 0 Å². The highest BCUT2D eigenvalue weighted by molar-refractivity contribution is 5.09. The topological polar surface area (TPSA) is 37.4 Å². The van der Waals surface area contributed by atoms with Crippen molar-refractivity contribution in [3.05, 3.63) is 29.6 Å². The van der Waals surface area contributed by atoms with Crippen LogP contribution in [0.3, 0.4) is 0 Å². The fraction of sp³-hybridized carbons (Fsp3) is 0.688. The van der Waals surface area contributed by atoms with E-state index in [4.69, 9.17) is 4.74 Å². The third-order valence-electron chi connectivity index (χ3n) is 3.48. The van der Waals surface area contributed by atoms with E-state index in [1.165, 1.54) is 0 Å².